The smallest absolute Gasteiger partial charge is 0.325 e. The lowest BCUT2D eigenvalue weighted by molar-refractivity contribution is -0.142. The summed E-state index contributed by atoms with van der Waals surface area (Å²) in [6.45, 7) is 2.71. The van der Waals surface area contributed by atoms with E-state index in [0.29, 0.717) is 6.61 Å². The first-order valence-electron chi connectivity index (χ1n) is 5.65. The van der Waals surface area contributed by atoms with Crippen LogP contribution in [0.25, 0.3) is 0 Å². The molecule has 1 aliphatic heterocycles. The molecule has 0 bridgehead atoms. The van der Waals surface area contributed by atoms with Gasteiger partial charge in [0.05, 0.1) is 13.7 Å². The first-order chi connectivity index (χ1) is 7.15. The fourth-order valence-corrected chi connectivity index (χ4v) is 2.43. The van der Waals surface area contributed by atoms with Crippen LogP contribution in [0, 0.1) is 5.92 Å². The molecule has 1 N–H and O–H groups in total. The SMILES string of the molecule is COC(=O)C1COC2(CCC(C)CC2)N1. The summed E-state index contributed by atoms with van der Waals surface area (Å²) < 4.78 is 10.5. The van der Waals surface area contributed by atoms with Gasteiger partial charge in [-0.05, 0) is 31.6 Å². The summed E-state index contributed by atoms with van der Waals surface area (Å²) in [4.78, 5) is 11.3. The van der Waals surface area contributed by atoms with E-state index in [9.17, 15) is 4.79 Å². The van der Waals surface area contributed by atoms with Gasteiger partial charge in [0, 0.05) is 0 Å². The summed E-state index contributed by atoms with van der Waals surface area (Å²) in [6.07, 6.45) is 4.34. The third-order valence-corrected chi connectivity index (χ3v) is 3.53. The highest BCUT2D eigenvalue weighted by atomic mass is 16.5. The van der Waals surface area contributed by atoms with Crippen molar-refractivity contribution in [3.63, 3.8) is 0 Å². The minimum Gasteiger partial charge on any atom is -0.468 e. The molecule has 2 fully saturated rings. The zero-order valence-electron chi connectivity index (χ0n) is 9.41. The zero-order chi connectivity index (χ0) is 10.9. The zero-order valence-corrected chi connectivity index (χ0v) is 9.41. The van der Waals surface area contributed by atoms with Crippen molar-refractivity contribution in [2.75, 3.05) is 13.7 Å². The third-order valence-electron chi connectivity index (χ3n) is 3.53. The predicted molar refractivity (Wildman–Crippen MR) is 55.3 cm³/mol. The second kappa shape index (κ2) is 4.10. The van der Waals surface area contributed by atoms with Crippen molar-refractivity contribution < 1.29 is 14.3 Å². The lowest BCUT2D eigenvalue weighted by Gasteiger charge is -2.35. The Kier molecular flexibility index (Phi) is 2.98. The molecular weight excluding hydrogens is 194 g/mol. The molecule has 1 aliphatic carbocycles. The Morgan fingerprint density at radius 2 is 2.13 bits per heavy atom. The first kappa shape index (κ1) is 10.9. The molecule has 1 heterocycles. The van der Waals surface area contributed by atoms with Gasteiger partial charge >= 0.3 is 5.97 Å². The molecule has 4 heteroatoms. The molecule has 2 rings (SSSR count). The maximum absolute atomic E-state index is 11.3. The molecule has 1 spiro atoms. The van der Waals surface area contributed by atoms with E-state index >= 15 is 0 Å². The molecule has 86 valence electrons. The Labute approximate surface area is 90.3 Å². The maximum Gasteiger partial charge on any atom is 0.325 e. The second-order valence-corrected chi connectivity index (χ2v) is 4.71. The number of hydrogen-bond donors (Lipinski definition) is 1. The average molecular weight is 213 g/mol. The largest absolute Gasteiger partial charge is 0.468 e. The quantitative estimate of drug-likeness (QED) is 0.661. The van der Waals surface area contributed by atoms with Crippen LogP contribution in [-0.4, -0.2) is 31.5 Å². The van der Waals surface area contributed by atoms with Crippen LogP contribution in [0.1, 0.15) is 32.6 Å². The lowest BCUT2D eigenvalue weighted by Crippen LogP contribution is -2.48. The van der Waals surface area contributed by atoms with E-state index < -0.39 is 0 Å². The Morgan fingerprint density at radius 1 is 1.47 bits per heavy atom. The minimum absolute atomic E-state index is 0.217. The third kappa shape index (κ3) is 2.16. The van der Waals surface area contributed by atoms with Gasteiger partial charge in [-0.3, -0.25) is 10.1 Å². The van der Waals surface area contributed by atoms with E-state index in [1.54, 1.807) is 0 Å². The Morgan fingerprint density at radius 3 is 2.73 bits per heavy atom. The Bertz CT molecular complexity index is 246. The van der Waals surface area contributed by atoms with Gasteiger partial charge in [-0.1, -0.05) is 6.92 Å². The fourth-order valence-electron chi connectivity index (χ4n) is 2.43. The summed E-state index contributed by atoms with van der Waals surface area (Å²) in [5.74, 6) is 0.559. The molecule has 0 radical (unpaired) electrons. The number of methoxy groups -OCH3 is 1. The van der Waals surface area contributed by atoms with Crippen LogP contribution in [0.4, 0.5) is 0 Å². The molecule has 0 amide bonds. The van der Waals surface area contributed by atoms with Crippen molar-refractivity contribution in [2.45, 2.75) is 44.4 Å². The van der Waals surface area contributed by atoms with Gasteiger partial charge in [0.1, 0.15) is 11.8 Å². The molecule has 0 aromatic heterocycles. The topological polar surface area (TPSA) is 47.6 Å². The highest BCUT2D eigenvalue weighted by Crippen LogP contribution is 2.35. The first-order valence-corrected chi connectivity index (χ1v) is 5.65. The number of hydrogen-bond acceptors (Lipinski definition) is 4. The number of carbonyl (C=O) groups is 1. The standard InChI is InChI=1S/C11H19NO3/c1-8-3-5-11(6-4-8)12-9(7-15-11)10(13)14-2/h8-9,12H,3-7H2,1-2H3. The predicted octanol–water partition coefficient (Wildman–Crippen LogP) is 1.05. The van der Waals surface area contributed by atoms with Gasteiger partial charge < -0.3 is 9.47 Å². The summed E-state index contributed by atoms with van der Waals surface area (Å²) in [6, 6.07) is -0.275. The van der Waals surface area contributed by atoms with E-state index in [-0.39, 0.29) is 17.7 Å². The van der Waals surface area contributed by atoms with E-state index in [2.05, 4.69) is 12.2 Å². The molecule has 0 aromatic rings. The molecule has 1 saturated carbocycles. The van der Waals surface area contributed by atoms with Crippen LogP contribution in [0.3, 0.4) is 0 Å². The molecule has 0 aromatic carbocycles. The Balaban J connectivity index is 1.93. The normalized spacial score (nSPS) is 40.7. The molecule has 15 heavy (non-hydrogen) atoms. The highest BCUT2D eigenvalue weighted by Gasteiger charge is 2.44. The molecular formula is C11H19NO3. The Hall–Kier alpha value is -0.610. The van der Waals surface area contributed by atoms with E-state index in [0.717, 1.165) is 18.8 Å². The van der Waals surface area contributed by atoms with Gasteiger partial charge in [0.25, 0.3) is 0 Å². The summed E-state index contributed by atoms with van der Waals surface area (Å²) in [7, 11) is 1.41. The van der Waals surface area contributed by atoms with Crippen molar-refractivity contribution in [1.82, 2.24) is 5.32 Å². The number of esters is 1. The molecule has 1 unspecified atom stereocenters. The van der Waals surface area contributed by atoms with Gasteiger partial charge in [0.15, 0.2) is 0 Å². The number of ether oxygens (including phenoxy) is 2. The summed E-state index contributed by atoms with van der Waals surface area (Å²) in [5.41, 5.74) is -0.245. The number of nitrogens with one attached hydrogen (secondary N) is 1. The molecule has 1 atom stereocenters. The monoisotopic (exact) mass is 213 g/mol. The number of carbonyl (C=O) groups excluding carboxylic acids is 1. The van der Waals surface area contributed by atoms with Crippen LogP contribution in [-0.2, 0) is 14.3 Å². The van der Waals surface area contributed by atoms with E-state index in [1.807, 2.05) is 0 Å². The van der Waals surface area contributed by atoms with Gasteiger partial charge in [-0.15, -0.1) is 0 Å². The van der Waals surface area contributed by atoms with Gasteiger partial charge in [-0.2, -0.15) is 0 Å². The van der Waals surface area contributed by atoms with Crippen molar-refractivity contribution in [3.05, 3.63) is 0 Å². The summed E-state index contributed by atoms with van der Waals surface area (Å²) in [5, 5.41) is 3.28. The average Bonchev–Trinajstić information content (AvgIpc) is 2.66. The lowest BCUT2D eigenvalue weighted by atomic mass is 9.85. The minimum atomic E-state index is -0.275. The highest BCUT2D eigenvalue weighted by molar-refractivity contribution is 5.76. The summed E-state index contributed by atoms with van der Waals surface area (Å²) >= 11 is 0. The van der Waals surface area contributed by atoms with Crippen molar-refractivity contribution in [3.8, 4) is 0 Å². The van der Waals surface area contributed by atoms with E-state index in [1.165, 1.54) is 20.0 Å². The van der Waals surface area contributed by atoms with Crippen LogP contribution < -0.4 is 5.32 Å². The number of rotatable bonds is 1. The van der Waals surface area contributed by atoms with Crippen molar-refractivity contribution in [1.29, 1.82) is 0 Å². The van der Waals surface area contributed by atoms with Crippen LogP contribution in [0.5, 0.6) is 0 Å². The molecule has 1 saturated heterocycles. The second-order valence-electron chi connectivity index (χ2n) is 4.71. The van der Waals surface area contributed by atoms with Crippen LogP contribution in [0.2, 0.25) is 0 Å². The van der Waals surface area contributed by atoms with E-state index in [4.69, 9.17) is 9.47 Å². The maximum atomic E-state index is 11.3. The molecule has 2 aliphatic rings. The van der Waals surface area contributed by atoms with Crippen molar-refractivity contribution in [2.24, 2.45) is 5.92 Å². The van der Waals surface area contributed by atoms with Crippen LogP contribution >= 0.6 is 0 Å². The fraction of sp³-hybridized carbons (Fsp3) is 0.909. The van der Waals surface area contributed by atoms with Crippen LogP contribution in [0.15, 0.2) is 0 Å². The van der Waals surface area contributed by atoms with Gasteiger partial charge in [0.2, 0.25) is 0 Å². The molecule has 4 nitrogen and oxygen atoms in total. The van der Waals surface area contributed by atoms with Gasteiger partial charge in [-0.25, -0.2) is 0 Å². The van der Waals surface area contributed by atoms with Crippen molar-refractivity contribution >= 4 is 5.97 Å².